The molecule has 0 aliphatic heterocycles. The van der Waals surface area contributed by atoms with E-state index in [9.17, 15) is 0 Å². The molecule has 0 amide bonds. The van der Waals surface area contributed by atoms with E-state index in [1.54, 1.807) is 13.3 Å². The number of benzene rings is 1. The van der Waals surface area contributed by atoms with Crippen LogP contribution in [-0.2, 0) is 13.0 Å². The molecule has 1 atom stereocenters. The molecule has 6 heteroatoms. The van der Waals surface area contributed by atoms with Crippen molar-refractivity contribution in [2.24, 2.45) is 5.84 Å². The summed E-state index contributed by atoms with van der Waals surface area (Å²) in [5.74, 6) is 6.54. The second-order valence-electron chi connectivity index (χ2n) is 4.43. The van der Waals surface area contributed by atoms with E-state index in [1.807, 2.05) is 35.9 Å². The fourth-order valence-electron chi connectivity index (χ4n) is 2.30. The zero-order valence-electron chi connectivity index (χ0n) is 11.6. The summed E-state index contributed by atoms with van der Waals surface area (Å²) in [6.07, 6.45) is 2.32. The lowest BCUT2D eigenvalue weighted by Crippen LogP contribution is -2.31. The molecule has 0 fully saturated rings. The van der Waals surface area contributed by atoms with Gasteiger partial charge in [-0.1, -0.05) is 29.8 Å². The van der Waals surface area contributed by atoms with Crippen molar-refractivity contribution >= 4 is 11.6 Å². The first-order chi connectivity index (χ1) is 9.71. The van der Waals surface area contributed by atoms with E-state index in [1.165, 1.54) is 0 Å². The number of nitrogens with one attached hydrogen (secondary N) is 1. The molecule has 5 nitrogen and oxygen atoms in total. The number of para-hydroxylation sites is 1. The number of methoxy groups -OCH3 is 1. The van der Waals surface area contributed by atoms with Crippen LogP contribution in [0.3, 0.4) is 0 Å². The highest BCUT2D eigenvalue weighted by Crippen LogP contribution is 2.28. The molecule has 108 valence electrons. The Morgan fingerprint density at radius 2 is 2.20 bits per heavy atom. The lowest BCUT2D eigenvalue weighted by Gasteiger charge is -2.19. The monoisotopic (exact) mass is 294 g/mol. The van der Waals surface area contributed by atoms with E-state index in [4.69, 9.17) is 22.2 Å². The predicted octanol–water partition coefficient (Wildman–Crippen LogP) is 2.31. The van der Waals surface area contributed by atoms with Gasteiger partial charge < -0.3 is 4.74 Å². The Hall–Kier alpha value is -1.56. The Morgan fingerprint density at radius 3 is 2.85 bits per heavy atom. The van der Waals surface area contributed by atoms with E-state index in [0.29, 0.717) is 11.4 Å². The maximum absolute atomic E-state index is 6.23. The van der Waals surface area contributed by atoms with Gasteiger partial charge in [0.15, 0.2) is 0 Å². The van der Waals surface area contributed by atoms with Crippen LogP contribution in [0.1, 0.15) is 24.2 Å². The van der Waals surface area contributed by atoms with Crippen molar-refractivity contribution in [3.8, 4) is 5.75 Å². The second kappa shape index (κ2) is 6.74. The smallest absolute Gasteiger partial charge is 0.122 e. The number of aromatic nitrogens is 2. The van der Waals surface area contributed by atoms with Crippen LogP contribution in [-0.4, -0.2) is 16.9 Å². The van der Waals surface area contributed by atoms with Crippen molar-refractivity contribution in [3.05, 3.63) is 46.7 Å². The van der Waals surface area contributed by atoms with Gasteiger partial charge in [0.2, 0.25) is 0 Å². The van der Waals surface area contributed by atoms with Gasteiger partial charge in [-0.05, 0) is 25.0 Å². The van der Waals surface area contributed by atoms with Crippen LogP contribution < -0.4 is 16.0 Å². The Labute approximate surface area is 123 Å². The average molecular weight is 295 g/mol. The van der Waals surface area contributed by atoms with E-state index in [2.05, 4.69) is 10.5 Å². The molecule has 1 aromatic heterocycles. The highest BCUT2D eigenvalue weighted by molar-refractivity contribution is 6.31. The molecule has 0 bridgehead atoms. The number of aryl methyl sites for hydroxylation is 1. The summed E-state index contributed by atoms with van der Waals surface area (Å²) in [5, 5.41) is 4.86. The topological polar surface area (TPSA) is 65.1 Å². The highest BCUT2D eigenvalue weighted by atomic mass is 35.5. The molecule has 1 unspecified atom stereocenters. The van der Waals surface area contributed by atoms with Gasteiger partial charge >= 0.3 is 0 Å². The third-order valence-corrected chi connectivity index (χ3v) is 3.57. The largest absolute Gasteiger partial charge is 0.496 e. The van der Waals surface area contributed by atoms with Crippen LogP contribution in [0, 0.1) is 0 Å². The Bertz CT molecular complexity index is 570. The number of rotatable bonds is 6. The number of halogens is 1. The molecule has 2 rings (SSSR count). The van der Waals surface area contributed by atoms with Crippen LogP contribution in [0.4, 0.5) is 0 Å². The van der Waals surface area contributed by atoms with Crippen LogP contribution in [0.5, 0.6) is 5.75 Å². The van der Waals surface area contributed by atoms with E-state index >= 15 is 0 Å². The number of nitrogens with zero attached hydrogens (tertiary/aromatic N) is 2. The van der Waals surface area contributed by atoms with Gasteiger partial charge in [-0.2, -0.15) is 5.10 Å². The fraction of sp³-hybridized carbons (Fsp3) is 0.357. The van der Waals surface area contributed by atoms with E-state index in [-0.39, 0.29) is 6.04 Å². The van der Waals surface area contributed by atoms with Crippen LogP contribution in [0.2, 0.25) is 5.02 Å². The molecule has 1 heterocycles. The molecule has 2 aromatic rings. The van der Waals surface area contributed by atoms with Crippen molar-refractivity contribution in [2.45, 2.75) is 25.9 Å². The molecule has 20 heavy (non-hydrogen) atoms. The summed E-state index contributed by atoms with van der Waals surface area (Å²) < 4.78 is 7.22. The highest BCUT2D eigenvalue weighted by Gasteiger charge is 2.20. The summed E-state index contributed by atoms with van der Waals surface area (Å²) in [6.45, 7) is 2.76. The first kappa shape index (κ1) is 14.8. The van der Waals surface area contributed by atoms with Crippen molar-refractivity contribution in [1.29, 1.82) is 0 Å². The number of nitrogens with two attached hydrogens (primary N) is 1. The molecule has 0 radical (unpaired) electrons. The number of ether oxygens (including phenoxy) is 1. The molecule has 0 aliphatic carbocycles. The molecular weight excluding hydrogens is 276 g/mol. The predicted molar refractivity (Wildman–Crippen MR) is 79.7 cm³/mol. The SMILES string of the molecule is CCn1ncc(Cl)c1C(Cc1ccccc1OC)NN. The van der Waals surface area contributed by atoms with E-state index < -0.39 is 0 Å². The van der Waals surface area contributed by atoms with Gasteiger partial charge in [0.1, 0.15) is 5.75 Å². The summed E-state index contributed by atoms with van der Waals surface area (Å²) in [7, 11) is 1.66. The molecule has 0 aliphatic rings. The van der Waals surface area contributed by atoms with Crippen LogP contribution >= 0.6 is 11.6 Å². The third-order valence-electron chi connectivity index (χ3n) is 3.28. The standard InChI is InChI=1S/C14H19ClN4O/c1-3-19-14(11(15)9-17-19)12(18-16)8-10-6-4-5-7-13(10)20-2/h4-7,9,12,18H,3,8,16H2,1-2H3. The maximum atomic E-state index is 6.23. The molecule has 3 N–H and O–H groups in total. The van der Waals surface area contributed by atoms with Gasteiger partial charge in [0.25, 0.3) is 0 Å². The zero-order chi connectivity index (χ0) is 14.5. The minimum atomic E-state index is -0.124. The van der Waals surface area contributed by atoms with Gasteiger partial charge in [0, 0.05) is 6.54 Å². The maximum Gasteiger partial charge on any atom is 0.122 e. The van der Waals surface area contributed by atoms with Gasteiger partial charge in [-0.3, -0.25) is 16.0 Å². The van der Waals surface area contributed by atoms with Crippen molar-refractivity contribution in [3.63, 3.8) is 0 Å². The van der Waals surface area contributed by atoms with E-state index in [0.717, 1.165) is 23.6 Å². The zero-order valence-corrected chi connectivity index (χ0v) is 12.4. The van der Waals surface area contributed by atoms with Crippen molar-refractivity contribution in [2.75, 3.05) is 7.11 Å². The fourth-order valence-corrected chi connectivity index (χ4v) is 2.57. The number of hydrogen-bond donors (Lipinski definition) is 2. The normalized spacial score (nSPS) is 12.4. The van der Waals surface area contributed by atoms with Crippen molar-refractivity contribution in [1.82, 2.24) is 15.2 Å². The first-order valence-corrected chi connectivity index (χ1v) is 6.88. The summed E-state index contributed by atoms with van der Waals surface area (Å²) >= 11 is 6.23. The minimum absolute atomic E-state index is 0.124. The average Bonchev–Trinajstić information content (AvgIpc) is 2.86. The van der Waals surface area contributed by atoms with Crippen LogP contribution in [0.15, 0.2) is 30.5 Å². The molecule has 0 saturated heterocycles. The minimum Gasteiger partial charge on any atom is -0.496 e. The summed E-state index contributed by atoms with van der Waals surface area (Å²) in [4.78, 5) is 0. The quantitative estimate of drug-likeness (QED) is 0.634. The Kier molecular flexibility index (Phi) is 5.00. The van der Waals surface area contributed by atoms with Gasteiger partial charge in [-0.15, -0.1) is 0 Å². The lowest BCUT2D eigenvalue weighted by atomic mass is 10.0. The van der Waals surface area contributed by atoms with Gasteiger partial charge in [0.05, 0.1) is 30.1 Å². The first-order valence-electron chi connectivity index (χ1n) is 6.50. The van der Waals surface area contributed by atoms with Crippen LogP contribution in [0.25, 0.3) is 0 Å². The molecule has 0 saturated carbocycles. The molecule has 1 aromatic carbocycles. The summed E-state index contributed by atoms with van der Waals surface area (Å²) in [6, 6.07) is 7.74. The third kappa shape index (κ3) is 2.95. The van der Waals surface area contributed by atoms with Gasteiger partial charge in [-0.25, -0.2) is 0 Å². The lowest BCUT2D eigenvalue weighted by molar-refractivity contribution is 0.403. The Balaban J connectivity index is 2.31. The number of hydrogen-bond acceptors (Lipinski definition) is 4. The molecule has 0 spiro atoms. The number of hydrazine groups is 1. The Morgan fingerprint density at radius 1 is 1.45 bits per heavy atom. The van der Waals surface area contributed by atoms with Crippen molar-refractivity contribution < 1.29 is 4.74 Å². The molecular formula is C14H19ClN4O. The second-order valence-corrected chi connectivity index (χ2v) is 4.84. The summed E-state index contributed by atoms with van der Waals surface area (Å²) in [5.41, 5.74) is 4.78.